The summed E-state index contributed by atoms with van der Waals surface area (Å²) >= 11 is 6.17. The first-order valence-electron chi connectivity index (χ1n) is 10.0. The van der Waals surface area contributed by atoms with E-state index in [1.54, 1.807) is 18.2 Å². The molecule has 0 spiro atoms. The van der Waals surface area contributed by atoms with Crippen LogP contribution in [0.25, 0.3) is 10.9 Å². The number of aromatic nitrogens is 1. The molecule has 1 atom stereocenters. The van der Waals surface area contributed by atoms with Crippen LogP contribution in [0.1, 0.15) is 30.0 Å². The van der Waals surface area contributed by atoms with E-state index >= 15 is 0 Å². The molecule has 0 saturated carbocycles. The number of fused-ring (bicyclic) bond motifs is 3. The van der Waals surface area contributed by atoms with E-state index in [1.165, 1.54) is 0 Å². The van der Waals surface area contributed by atoms with Gasteiger partial charge in [0, 0.05) is 29.1 Å². The van der Waals surface area contributed by atoms with E-state index in [4.69, 9.17) is 26.2 Å². The number of alkyl halides is 2. The van der Waals surface area contributed by atoms with Crippen LogP contribution in [-0.4, -0.2) is 35.1 Å². The molecule has 0 saturated heterocycles. The number of aliphatic carboxylic acids is 1. The van der Waals surface area contributed by atoms with Crippen molar-refractivity contribution in [2.75, 3.05) is 13.3 Å². The van der Waals surface area contributed by atoms with Crippen molar-refractivity contribution in [1.82, 2.24) is 4.57 Å². The first-order chi connectivity index (χ1) is 15.0. The Kier molecular flexibility index (Phi) is 6.32. The molecule has 0 aliphatic carbocycles. The minimum atomic E-state index is -1.16. The highest BCUT2D eigenvalue weighted by atomic mass is 35.5. The Hall–Kier alpha value is -2.80. The lowest BCUT2D eigenvalue weighted by Gasteiger charge is -2.14. The van der Waals surface area contributed by atoms with Crippen LogP contribution < -0.4 is 9.47 Å². The lowest BCUT2D eigenvalue weighted by molar-refractivity contribution is -0.137. The molecule has 0 bridgehead atoms. The third kappa shape index (κ3) is 4.61. The molecule has 4 rings (SSSR count). The van der Waals surface area contributed by atoms with Crippen molar-refractivity contribution in [2.24, 2.45) is 0 Å². The number of nitrogens with zero attached hydrogens (tertiary/aromatic N) is 1. The molecule has 2 heterocycles. The maximum atomic E-state index is 12.6. The highest BCUT2D eigenvalue weighted by molar-refractivity contribution is 6.32. The Labute approximate surface area is 183 Å². The van der Waals surface area contributed by atoms with E-state index in [1.807, 2.05) is 24.3 Å². The molecule has 164 valence electrons. The fourth-order valence-electron chi connectivity index (χ4n) is 3.98. The second-order valence-corrected chi connectivity index (χ2v) is 8.03. The number of hydrogen-bond donors (Lipinski definition) is 1. The molecule has 0 radical (unpaired) electrons. The second kappa shape index (κ2) is 9.14. The average Bonchev–Trinajstić information content (AvgIpc) is 3.30. The quantitative estimate of drug-likeness (QED) is 0.467. The van der Waals surface area contributed by atoms with Crippen LogP contribution in [0.3, 0.4) is 0 Å². The summed E-state index contributed by atoms with van der Waals surface area (Å²) in [6.07, 6.45) is -0.184. The molecule has 1 aliphatic rings. The highest BCUT2D eigenvalue weighted by Crippen LogP contribution is 2.37. The van der Waals surface area contributed by atoms with Gasteiger partial charge in [-0.1, -0.05) is 17.7 Å². The van der Waals surface area contributed by atoms with Crippen molar-refractivity contribution >= 4 is 28.5 Å². The van der Waals surface area contributed by atoms with Gasteiger partial charge in [-0.3, -0.25) is 4.79 Å². The maximum Gasteiger partial charge on any atom is 0.304 e. The molecule has 5 nitrogen and oxygen atoms in total. The van der Waals surface area contributed by atoms with Crippen molar-refractivity contribution in [3.8, 4) is 11.5 Å². The minimum absolute atomic E-state index is 0.0338. The molecule has 31 heavy (non-hydrogen) atoms. The number of carboxylic acids is 1. The van der Waals surface area contributed by atoms with Crippen LogP contribution in [0.4, 0.5) is 8.78 Å². The monoisotopic (exact) mass is 449 g/mol. The summed E-state index contributed by atoms with van der Waals surface area (Å²) in [5.41, 5.74) is 2.90. The predicted molar refractivity (Wildman–Crippen MR) is 114 cm³/mol. The normalized spacial score (nSPS) is 15.4. The predicted octanol–water partition coefficient (Wildman–Crippen LogP) is 5.52. The van der Waals surface area contributed by atoms with Crippen molar-refractivity contribution < 1.29 is 28.2 Å². The van der Waals surface area contributed by atoms with Gasteiger partial charge in [-0.15, -0.1) is 0 Å². The summed E-state index contributed by atoms with van der Waals surface area (Å²) in [5.74, 6) is 0.156. The largest absolute Gasteiger partial charge is 0.489 e. The molecule has 8 heteroatoms. The van der Waals surface area contributed by atoms with Crippen LogP contribution in [0.2, 0.25) is 5.02 Å². The van der Waals surface area contributed by atoms with Gasteiger partial charge in [0.15, 0.2) is 6.10 Å². The zero-order chi connectivity index (χ0) is 22.0. The smallest absolute Gasteiger partial charge is 0.304 e. The summed E-state index contributed by atoms with van der Waals surface area (Å²) in [6.45, 7) is -0.784. The average molecular weight is 450 g/mol. The van der Waals surface area contributed by atoms with Gasteiger partial charge in [0.2, 0.25) is 0 Å². The molecule has 3 aromatic rings. The molecule has 0 amide bonds. The Morgan fingerprint density at radius 3 is 2.71 bits per heavy atom. The van der Waals surface area contributed by atoms with Crippen LogP contribution in [0.5, 0.6) is 11.5 Å². The molecular formula is C23H22ClF2NO4. The molecular weight excluding hydrogens is 428 g/mol. The maximum absolute atomic E-state index is 12.6. The SMILES string of the molecule is O=C(O)C[C@@H]1CCn2c1cc1cc(OCc3ccc(OC(CF)CF)c(Cl)c3)ccc12. The number of ether oxygens (including phenoxy) is 2. The zero-order valence-corrected chi connectivity index (χ0v) is 17.4. The first kappa shape index (κ1) is 21.4. The number of halogens is 3. The Bertz CT molecular complexity index is 1100. The summed E-state index contributed by atoms with van der Waals surface area (Å²) in [5, 5.41) is 10.4. The van der Waals surface area contributed by atoms with E-state index in [0.717, 1.165) is 35.1 Å². The van der Waals surface area contributed by atoms with Gasteiger partial charge >= 0.3 is 5.97 Å². The second-order valence-electron chi connectivity index (χ2n) is 7.63. The standard InChI is InChI=1S/C23H22ClF2NO4/c24-19-7-14(1-4-22(19)31-18(11-25)12-26)13-30-17-2-3-20-16(8-17)9-21-15(10-23(28)29)5-6-27(20)21/h1-4,7-9,15,18H,5-6,10-13H2,(H,28,29)/t15-/m0/s1. The number of rotatable bonds is 9. The van der Waals surface area contributed by atoms with Crippen molar-refractivity contribution in [2.45, 2.75) is 38.0 Å². The van der Waals surface area contributed by atoms with Gasteiger partial charge in [-0.05, 0) is 48.4 Å². The Morgan fingerprint density at radius 1 is 1.19 bits per heavy atom. The molecule has 0 unspecified atom stereocenters. The third-order valence-corrected chi connectivity index (χ3v) is 5.78. The van der Waals surface area contributed by atoms with Gasteiger partial charge in [-0.2, -0.15) is 0 Å². The molecule has 0 fully saturated rings. The minimum Gasteiger partial charge on any atom is -0.489 e. The fourth-order valence-corrected chi connectivity index (χ4v) is 4.23. The van der Waals surface area contributed by atoms with Gasteiger partial charge < -0.3 is 19.1 Å². The van der Waals surface area contributed by atoms with Crippen LogP contribution in [0.15, 0.2) is 42.5 Å². The van der Waals surface area contributed by atoms with Crippen LogP contribution in [0, 0.1) is 0 Å². The van der Waals surface area contributed by atoms with Crippen LogP contribution in [-0.2, 0) is 17.9 Å². The lowest BCUT2D eigenvalue weighted by Crippen LogP contribution is -2.21. The molecule has 2 aromatic carbocycles. The van der Waals surface area contributed by atoms with Gasteiger partial charge in [0.25, 0.3) is 0 Å². The van der Waals surface area contributed by atoms with Crippen molar-refractivity contribution in [1.29, 1.82) is 0 Å². The third-order valence-electron chi connectivity index (χ3n) is 5.48. The van der Waals surface area contributed by atoms with Gasteiger partial charge in [0.1, 0.15) is 31.5 Å². The summed E-state index contributed by atoms with van der Waals surface area (Å²) < 4.78 is 38.6. The molecule has 1 N–H and O–H groups in total. The Balaban J connectivity index is 1.45. The number of benzene rings is 2. The van der Waals surface area contributed by atoms with Crippen molar-refractivity contribution in [3.05, 3.63) is 58.7 Å². The van der Waals surface area contributed by atoms with Gasteiger partial charge in [-0.25, -0.2) is 8.78 Å². The number of carboxylic acid groups (broad SMARTS) is 1. The summed E-state index contributed by atoms with van der Waals surface area (Å²) in [4.78, 5) is 11.1. The zero-order valence-electron chi connectivity index (χ0n) is 16.7. The van der Waals surface area contributed by atoms with E-state index in [9.17, 15) is 13.6 Å². The summed E-state index contributed by atoms with van der Waals surface area (Å²) in [6, 6.07) is 12.8. The fraction of sp³-hybridized carbons (Fsp3) is 0.348. The highest BCUT2D eigenvalue weighted by Gasteiger charge is 2.26. The van der Waals surface area contributed by atoms with E-state index < -0.39 is 25.4 Å². The number of hydrogen-bond acceptors (Lipinski definition) is 3. The van der Waals surface area contributed by atoms with E-state index in [-0.39, 0.29) is 29.7 Å². The van der Waals surface area contributed by atoms with Crippen molar-refractivity contribution in [3.63, 3.8) is 0 Å². The van der Waals surface area contributed by atoms with Gasteiger partial charge in [0.05, 0.1) is 11.4 Å². The number of carbonyl (C=O) groups is 1. The van der Waals surface area contributed by atoms with Crippen LogP contribution >= 0.6 is 11.6 Å². The van der Waals surface area contributed by atoms with E-state index in [2.05, 4.69) is 4.57 Å². The van der Waals surface area contributed by atoms with E-state index in [0.29, 0.717) is 5.75 Å². The number of aryl methyl sites for hydroxylation is 1. The topological polar surface area (TPSA) is 60.7 Å². The Morgan fingerprint density at radius 2 is 2.00 bits per heavy atom. The lowest BCUT2D eigenvalue weighted by atomic mass is 10.0. The molecule has 1 aliphatic heterocycles. The summed E-state index contributed by atoms with van der Waals surface area (Å²) in [7, 11) is 0. The first-order valence-corrected chi connectivity index (χ1v) is 10.4. The molecule has 1 aromatic heterocycles.